The van der Waals surface area contributed by atoms with Gasteiger partial charge in [0, 0.05) is 13.0 Å². The van der Waals surface area contributed by atoms with Crippen LogP contribution in [-0.2, 0) is 23.7 Å². The smallest absolute Gasteiger partial charge is 0.119 e. The SMILES string of the molecule is O=CCCCCCCCCCCCCOCCOCCOCCOCCO. The standard InChI is InChI=1S/C21H42O6/c22-12-10-8-6-4-2-1-3-5-7-9-11-14-24-16-18-26-20-21-27-19-17-25-15-13-23/h12,23H,1-11,13-21H2. The fourth-order valence-electron chi connectivity index (χ4n) is 2.67. The average molecular weight is 391 g/mol. The zero-order chi connectivity index (χ0) is 19.7. The van der Waals surface area contributed by atoms with E-state index in [1.807, 2.05) is 0 Å². The molecule has 162 valence electrons. The van der Waals surface area contributed by atoms with E-state index in [1.165, 1.54) is 51.4 Å². The molecule has 0 rings (SSSR count). The molecule has 0 aliphatic heterocycles. The van der Waals surface area contributed by atoms with E-state index in [0.717, 1.165) is 32.2 Å². The van der Waals surface area contributed by atoms with Gasteiger partial charge in [0.15, 0.2) is 0 Å². The lowest BCUT2D eigenvalue weighted by Crippen LogP contribution is -2.12. The van der Waals surface area contributed by atoms with Crippen LogP contribution in [0.1, 0.15) is 70.6 Å². The van der Waals surface area contributed by atoms with Crippen molar-refractivity contribution in [3.8, 4) is 0 Å². The molecule has 0 atom stereocenters. The third-order valence-corrected chi connectivity index (χ3v) is 4.21. The Balaban J connectivity index is 2.96. The third kappa shape index (κ3) is 25.5. The molecule has 27 heavy (non-hydrogen) atoms. The van der Waals surface area contributed by atoms with E-state index in [1.54, 1.807) is 0 Å². The van der Waals surface area contributed by atoms with Gasteiger partial charge in [-0.2, -0.15) is 0 Å². The van der Waals surface area contributed by atoms with Gasteiger partial charge in [0.25, 0.3) is 0 Å². The lowest BCUT2D eigenvalue weighted by atomic mass is 10.1. The van der Waals surface area contributed by atoms with E-state index in [4.69, 9.17) is 24.1 Å². The highest BCUT2D eigenvalue weighted by Crippen LogP contribution is 2.11. The van der Waals surface area contributed by atoms with Crippen LogP contribution < -0.4 is 0 Å². The predicted molar refractivity (Wildman–Crippen MR) is 107 cm³/mol. The summed E-state index contributed by atoms with van der Waals surface area (Å²) in [6, 6.07) is 0. The highest BCUT2D eigenvalue weighted by Gasteiger charge is 1.95. The number of aldehydes is 1. The second kappa shape index (κ2) is 25.5. The number of carbonyl (C=O) groups excluding carboxylic acids is 1. The normalized spacial score (nSPS) is 11.1. The second-order valence-corrected chi connectivity index (χ2v) is 6.66. The molecular weight excluding hydrogens is 348 g/mol. The Kier molecular flexibility index (Phi) is 25.0. The van der Waals surface area contributed by atoms with Crippen LogP contribution in [-0.4, -0.2) is 70.9 Å². The molecule has 0 spiro atoms. The summed E-state index contributed by atoms with van der Waals surface area (Å²) >= 11 is 0. The van der Waals surface area contributed by atoms with Crippen molar-refractivity contribution in [2.45, 2.75) is 70.6 Å². The molecule has 0 fully saturated rings. The molecule has 0 heterocycles. The lowest BCUT2D eigenvalue weighted by Gasteiger charge is -2.07. The Morgan fingerprint density at radius 2 is 0.852 bits per heavy atom. The van der Waals surface area contributed by atoms with Crippen LogP contribution in [0.5, 0.6) is 0 Å². The van der Waals surface area contributed by atoms with Gasteiger partial charge < -0.3 is 28.8 Å². The number of rotatable bonds is 24. The molecule has 0 aliphatic rings. The first-order valence-electron chi connectivity index (χ1n) is 10.8. The van der Waals surface area contributed by atoms with Gasteiger partial charge in [-0.15, -0.1) is 0 Å². The molecule has 0 radical (unpaired) electrons. The van der Waals surface area contributed by atoms with E-state index in [0.29, 0.717) is 46.2 Å². The Labute approximate surface area is 165 Å². The quantitative estimate of drug-likeness (QED) is 0.201. The number of carbonyl (C=O) groups is 1. The second-order valence-electron chi connectivity index (χ2n) is 6.66. The van der Waals surface area contributed by atoms with E-state index < -0.39 is 0 Å². The van der Waals surface area contributed by atoms with Crippen LogP contribution in [0.25, 0.3) is 0 Å². The minimum atomic E-state index is 0.0497. The van der Waals surface area contributed by atoms with Gasteiger partial charge >= 0.3 is 0 Å². The van der Waals surface area contributed by atoms with E-state index in [-0.39, 0.29) is 6.61 Å². The number of hydrogen-bond donors (Lipinski definition) is 1. The molecule has 0 unspecified atom stereocenters. The first-order valence-corrected chi connectivity index (χ1v) is 10.8. The molecule has 0 bridgehead atoms. The van der Waals surface area contributed by atoms with Gasteiger partial charge in [0.2, 0.25) is 0 Å². The van der Waals surface area contributed by atoms with E-state index >= 15 is 0 Å². The topological polar surface area (TPSA) is 74.2 Å². The monoisotopic (exact) mass is 390 g/mol. The number of unbranched alkanes of at least 4 members (excludes halogenated alkanes) is 10. The molecule has 0 saturated carbocycles. The van der Waals surface area contributed by atoms with Gasteiger partial charge in [-0.1, -0.05) is 51.4 Å². The maximum atomic E-state index is 10.2. The summed E-state index contributed by atoms with van der Waals surface area (Å²) in [7, 11) is 0. The van der Waals surface area contributed by atoms with Crippen molar-refractivity contribution in [3.63, 3.8) is 0 Å². The van der Waals surface area contributed by atoms with Gasteiger partial charge in [-0.05, 0) is 12.8 Å². The Hall–Kier alpha value is -0.530. The summed E-state index contributed by atoms with van der Waals surface area (Å²) in [5, 5.41) is 8.53. The van der Waals surface area contributed by atoms with Crippen molar-refractivity contribution < 1.29 is 28.8 Å². The number of hydrogen-bond acceptors (Lipinski definition) is 6. The zero-order valence-corrected chi connectivity index (χ0v) is 17.2. The van der Waals surface area contributed by atoms with Gasteiger partial charge in [-0.25, -0.2) is 0 Å². The Morgan fingerprint density at radius 1 is 0.481 bits per heavy atom. The van der Waals surface area contributed by atoms with Crippen LogP contribution in [0.2, 0.25) is 0 Å². The molecule has 0 aliphatic carbocycles. The van der Waals surface area contributed by atoms with E-state index in [9.17, 15) is 4.79 Å². The largest absolute Gasteiger partial charge is 0.394 e. The number of aliphatic hydroxyl groups excluding tert-OH is 1. The summed E-state index contributed by atoms with van der Waals surface area (Å²) < 4.78 is 21.4. The predicted octanol–water partition coefficient (Wildman–Crippen LogP) is 3.54. The summed E-state index contributed by atoms with van der Waals surface area (Å²) in [6.45, 7) is 4.64. The summed E-state index contributed by atoms with van der Waals surface area (Å²) in [5.74, 6) is 0. The number of ether oxygens (including phenoxy) is 4. The molecule has 1 N–H and O–H groups in total. The van der Waals surface area contributed by atoms with Crippen LogP contribution >= 0.6 is 0 Å². The van der Waals surface area contributed by atoms with E-state index in [2.05, 4.69) is 0 Å². The molecule has 0 aromatic rings. The Bertz CT molecular complexity index is 275. The fourth-order valence-corrected chi connectivity index (χ4v) is 2.67. The zero-order valence-electron chi connectivity index (χ0n) is 17.2. The average Bonchev–Trinajstić information content (AvgIpc) is 2.68. The lowest BCUT2D eigenvalue weighted by molar-refractivity contribution is -0.107. The summed E-state index contributed by atoms with van der Waals surface area (Å²) in [5.41, 5.74) is 0. The maximum absolute atomic E-state index is 10.2. The van der Waals surface area contributed by atoms with Gasteiger partial charge in [0.1, 0.15) is 6.29 Å². The van der Waals surface area contributed by atoms with Crippen LogP contribution in [0, 0.1) is 0 Å². The number of aliphatic hydroxyl groups is 1. The van der Waals surface area contributed by atoms with Crippen molar-refractivity contribution in [3.05, 3.63) is 0 Å². The molecule has 0 saturated heterocycles. The molecule has 6 nitrogen and oxygen atoms in total. The van der Waals surface area contributed by atoms with Crippen molar-refractivity contribution in [1.82, 2.24) is 0 Å². The van der Waals surface area contributed by atoms with Crippen LogP contribution in [0.15, 0.2) is 0 Å². The Morgan fingerprint density at radius 3 is 1.30 bits per heavy atom. The minimum Gasteiger partial charge on any atom is -0.394 e. The first-order chi connectivity index (χ1) is 13.4. The van der Waals surface area contributed by atoms with Crippen molar-refractivity contribution in [1.29, 1.82) is 0 Å². The summed E-state index contributed by atoms with van der Waals surface area (Å²) in [4.78, 5) is 10.2. The van der Waals surface area contributed by atoms with Gasteiger partial charge in [0.05, 0.1) is 52.9 Å². The molecule has 0 aromatic heterocycles. The first kappa shape index (κ1) is 26.5. The molecular formula is C21H42O6. The summed E-state index contributed by atoms with van der Waals surface area (Å²) in [6.07, 6.45) is 14.2. The molecule has 0 aromatic carbocycles. The fraction of sp³-hybridized carbons (Fsp3) is 0.952. The van der Waals surface area contributed by atoms with Gasteiger partial charge in [-0.3, -0.25) is 0 Å². The highest BCUT2D eigenvalue weighted by molar-refractivity contribution is 5.48. The van der Waals surface area contributed by atoms with Crippen LogP contribution in [0.4, 0.5) is 0 Å². The minimum absolute atomic E-state index is 0.0497. The highest BCUT2D eigenvalue weighted by atomic mass is 16.6. The van der Waals surface area contributed by atoms with Crippen molar-refractivity contribution >= 4 is 6.29 Å². The van der Waals surface area contributed by atoms with Crippen molar-refractivity contribution in [2.24, 2.45) is 0 Å². The van der Waals surface area contributed by atoms with Crippen LogP contribution in [0.3, 0.4) is 0 Å². The third-order valence-electron chi connectivity index (χ3n) is 4.21. The van der Waals surface area contributed by atoms with Crippen molar-refractivity contribution in [2.75, 3.05) is 59.5 Å². The maximum Gasteiger partial charge on any atom is 0.119 e. The molecule has 6 heteroatoms. The molecule has 0 amide bonds.